The van der Waals surface area contributed by atoms with Crippen molar-refractivity contribution in [3.8, 4) is 0 Å². The Labute approximate surface area is 103 Å². The maximum Gasteiger partial charge on any atom is 0.224 e. The molecule has 0 saturated heterocycles. The molecule has 0 aliphatic rings. The second-order valence-corrected chi connectivity index (χ2v) is 5.18. The average molecular weight is 290 g/mol. The second-order valence-electron chi connectivity index (χ2n) is 3.61. The zero-order valence-electron chi connectivity index (χ0n) is 8.83. The molecular weight excluding hydrogens is 274 g/mol. The first-order valence-electron chi connectivity index (χ1n) is 5.08. The standard InChI is InChI=1S/C11H16BrNOS/c1-9(3-2-5-12)13-11(14)7-10-4-6-15-8-10/h4,6,8-9H,2-3,5,7H2,1H3,(H,13,14). The van der Waals surface area contributed by atoms with E-state index >= 15 is 0 Å². The van der Waals surface area contributed by atoms with Crippen LogP contribution in [-0.2, 0) is 11.2 Å². The van der Waals surface area contributed by atoms with Crippen LogP contribution in [0.3, 0.4) is 0 Å². The number of amides is 1. The van der Waals surface area contributed by atoms with E-state index in [-0.39, 0.29) is 11.9 Å². The molecule has 0 saturated carbocycles. The molecule has 0 aliphatic heterocycles. The molecule has 15 heavy (non-hydrogen) atoms. The second kappa shape index (κ2) is 7.01. The smallest absolute Gasteiger partial charge is 0.224 e. The molecule has 0 bridgehead atoms. The van der Waals surface area contributed by atoms with E-state index in [4.69, 9.17) is 0 Å². The zero-order chi connectivity index (χ0) is 11.1. The van der Waals surface area contributed by atoms with Gasteiger partial charge in [-0.25, -0.2) is 0 Å². The Morgan fingerprint density at radius 1 is 1.67 bits per heavy atom. The summed E-state index contributed by atoms with van der Waals surface area (Å²) in [6.45, 7) is 2.05. The Hall–Kier alpha value is -0.350. The molecule has 0 aliphatic carbocycles. The summed E-state index contributed by atoms with van der Waals surface area (Å²) in [7, 11) is 0. The van der Waals surface area contributed by atoms with E-state index in [0.29, 0.717) is 6.42 Å². The van der Waals surface area contributed by atoms with Gasteiger partial charge in [0.05, 0.1) is 6.42 Å². The van der Waals surface area contributed by atoms with Crippen LogP contribution < -0.4 is 5.32 Å². The molecule has 1 atom stereocenters. The third-order valence-corrected chi connectivity index (χ3v) is 3.42. The molecule has 84 valence electrons. The SMILES string of the molecule is CC(CCCBr)NC(=O)Cc1ccsc1. The minimum Gasteiger partial charge on any atom is -0.353 e. The summed E-state index contributed by atoms with van der Waals surface area (Å²) < 4.78 is 0. The Morgan fingerprint density at radius 2 is 2.47 bits per heavy atom. The van der Waals surface area contributed by atoms with Crippen molar-refractivity contribution in [1.29, 1.82) is 0 Å². The topological polar surface area (TPSA) is 29.1 Å². The molecule has 0 aromatic carbocycles. The Bertz CT molecular complexity index is 287. The third-order valence-electron chi connectivity index (χ3n) is 2.12. The van der Waals surface area contributed by atoms with E-state index in [1.165, 1.54) is 0 Å². The molecule has 1 aromatic heterocycles. The highest BCUT2D eigenvalue weighted by atomic mass is 79.9. The van der Waals surface area contributed by atoms with Crippen LogP contribution in [0, 0.1) is 0 Å². The van der Waals surface area contributed by atoms with Crippen LogP contribution in [0.1, 0.15) is 25.3 Å². The fraction of sp³-hybridized carbons (Fsp3) is 0.545. The van der Waals surface area contributed by atoms with Crippen LogP contribution in [-0.4, -0.2) is 17.3 Å². The van der Waals surface area contributed by atoms with E-state index < -0.39 is 0 Å². The highest BCUT2D eigenvalue weighted by Gasteiger charge is 2.07. The summed E-state index contributed by atoms with van der Waals surface area (Å²) >= 11 is 5.01. The number of carbonyl (C=O) groups is 1. The minimum absolute atomic E-state index is 0.121. The van der Waals surface area contributed by atoms with Gasteiger partial charge < -0.3 is 5.32 Å². The molecule has 1 heterocycles. The summed E-state index contributed by atoms with van der Waals surface area (Å²) in [4.78, 5) is 11.6. The van der Waals surface area contributed by atoms with Crippen LogP contribution in [0.25, 0.3) is 0 Å². The minimum atomic E-state index is 0.121. The summed E-state index contributed by atoms with van der Waals surface area (Å²) in [6, 6.07) is 2.27. The van der Waals surface area contributed by atoms with Crippen LogP contribution in [0.15, 0.2) is 16.8 Å². The van der Waals surface area contributed by atoms with Gasteiger partial charge in [-0.2, -0.15) is 11.3 Å². The van der Waals surface area contributed by atoms with Crippen molar-refractivity contribution in [2.75, 3.05) is 5.33 Å². The number of halogens is 1. The lowest BCUT2D eigenvalue weighted by atomic mass is 10.2. The van der Waals surface area contributed by atoms with Crippen molar-refractivity contribution in [2.45, 2.75) is 32.2 Å². The summed E-state index contributed by atoms with van der Waals surface area (Å²) in [6.07, 6.45) is 2.63. The van der Waals surface area contributed by atoms with Crippen molar-refractivity contribution < 1.29 is 4.79 Å². The lowest BCUT2D eigenvalue weighted by Crippen LogP contribution is -2.33. The van der Waals surface area contributed by atoms with E-state index in [9.17, 15) is 4.79 Å². The summed E-state index contributed by atoms with van der Waals surface area (Å²) in [5, 5.41) is 8.01. The predicted molar refractivity (Wildman–Crippen MR) is 68.7 cm³/mol. The molecule has 0 spiro atoms. The van der Waals surface area contributed by atoms with Crippen LogP contribution in [0.5, 0.6) is 0 Å². The number of hydrogen-bond acceptors (Lipinski definition) is 2. The van der Waals surface area contributed by atoms with Crippen molar-refractivity contribution in [2.24, 2.45) is 0 Å². The molecule has 4 heteroatoms. The van der Waals surface area contributed by atoms with Gasteiger partial charge in [-0.1, -0.05) is 15.9 Å². The van der Waals surface area contributed by atoms with Gasteiger partial charge in [-0.3, -0.25) is 4.79 Å². The number of thiophene rings is 1. The van der Waals surface area contributed by atoms with Crippen molar-refractivity contribution in [3.63, 3.8) is 0 Å². The predicted octanol–water partition coefficient (Wildman–Crippen LogP) is 2.97. The number of hydrogen-bond donors (Lipinski definition) is 1. The molecule has 1 N–H and O–H groups in total. The fourth-order valence-electron chi connectivity index (χ4n) is 1.36. The molecule has 1 amide bonds. The summed E-state index contributed by atoms with van der Waals surface area (Å²) in [5.74, 6) is 0.121. The lowest BCUT2D eigenvalue weighted by molar-refractivity contribution is -0.121. The first-order chi connectivity index (χ1) is 7.22. The first-order valence-corrected chi connectivity index (χ1v) is 7.15. The Balaban J connectivity index is 2.23. The Kier molecular flexibility index (Phi) is 5.95. The number of rotatable bonds is 6. The number of alkyl halides is 1. The molecule has 2 nitrogen and oxygen atoms in total. The third kappa shape index (κ3) is 5.33. The van der Waals surface area contributed by atoms with Crippen molar-refractivity contribution in [3.05, 3.63) is 22.4 Å². The summed E-state index contributed by atoms with van der Waals surface area (Å²) in [5.41, 5.74) is 1.10. The highest BCUT2D eigenvalue weighted by Crippen LogP contribution is 2.07. The van der Waals surface area contributed by atoms with Crippen molar-refractivity contribution in [1.82, 2.24) is 5.32 Å². The number of carbonyl (C=O) groups excluding carboxylic acids is 1. The van der Waals surface area contributed by atoms with E-state index in [1.54, 1.807) is 11.3 Å². The highest BCUT2D eigenvalue weighted by molar-refractivity contribution is 9.09. The molecule has 0 radical (unpaired) electrons. The van der Waals surface area contributed by atoms with Gasteiger partial charge in [0.1, 0.15) is 0 Å². The first kappa shape index (κ1) is 12.7. The van der Waals surface area contributed by atoms with Gasteiger partial charge >= 0.3 is 0 Å². The van der Waals surface area contributed by atoms with Gasteiger partial charge in [-0.15, -0.1) is 0 Å². The van der Waals surface area contributed by atoms with Gasteiger partial charge in [-0.05, 0) is 42.2 Å². The van der Waals surface area contributed by atoms with Crippen LogP contribution in [0.4, 0.5) is 0 Å². The zero-order valence-corrected chi connectivity index (χ0v) is 11.2. The Morgan fingerprint density at radius 3 is 3.07 bits per heavy atom. The van der Waals surface area contributed by atoms with Crippen LogP contribution in [0.2, 0.25) is 0 Å². The largest absolute Gasteiger partial charge is 0.353 e. The maximum absolute atomic E-state index is 11.6. The average Bonchev–Trinajstić information content (AvgIpc) is 2.67. The normalized spacial score (nSPS) is 12.4. The quantitative estimate of drug-likeness (QED) is 0.802. The van der Waals surface area contributed by atoms with E-state index in [1.807, 2.05) is 23.8 Å². The van der Waals surface area contributed by atoms with Gasteiger partial charge in [0.2, 0.25) is 5.91 Å². The fourth-order valence-corrected chi connectivity index (χ4v) is 2.35. The molecule has 1 rings (SSSR count). The lowest BCUT2D eigenvalue weighted by Gasteiger charge is -2.12. The van der Waals surface area contributed by atoms with E-state index in [2.05, 4.69) is 21.2 Å². The van der Waals surface area contributed by atoms with Gasteiger partial charge in [0, 0.05) is 11.4 Å². The molecule has 1 aromatic rings. The van der Waals surface area contributed by atoms with Crippen LogP contribution >= 0.6 is 27.3 Å². The van der Waals surface area contributed by atoms with E-state index in [0.717, 1.165) is 23.7 Å². The molecule has 1 unspecified atom stereocenters. The molecular formula is C11H16BrNOS. The maximum atomic E-state index is 11.6. The number of nitrogens with one attached hydrogen (secondary N) is 1. The molecule has 0 fully saturated rings. The van der Waals surface area contributed by atoms with Crippen molar-refractivity contribution >= 4 is 33.2 Å². The monoisotopic (exact) mass is 289 g/mol. The van der Waals surface area contributed by atoms with Gasteiger partial charge in [0.15, 0.2) is 0 Å². The van der Waals surface area contributed by atoms with Gasteiger partial charge in [0.25, 0.3) is 0 Å².